The minimum atomic E-state index is -4.65. The molecule has 0 saturated heterocycles. The van der Waals surface area contributed by atoms with Crippen molar-refractivity contribution < 1.29 is 22.7 Å². The highest BCUT2D eigenvalue weighted by Gasteiger charge is 2.54. The zero-order valence-electron chi connectivity index (χ0n) is 11.4. The lowest BCUT2D eigenvalue weighted by molar-refractivity contribution is -0.189. The fourth-order valence-corrected chi connectivity index (χ4v) is 2.12. The van der Waals surface area contributed by atoms with E-state index in [1.54, 1.807) is 18.2 Å². The lowest BCUT2D eigenvalue weighted by Gasteiger charge is -2.35. The van der Waals surface area contributed by atoms with Crippen molar-refractivity contribution in [3.63, 3.8) is 0 Å². The fraction of sp³-hybridized carbons (Fsp3) is 0.500. The first-order valence-electron chi connectivity index (χ1n) is 6.37. The van der Waals surface area contributed by atoms with Crippen molar-refractivity contribution in [3.8, 4) is 5.75 Å². The first-order chi connectivity index (χ1) is 9.28. The average molecular weight is 289 g/mol. The number of rotatable bonds is 5. The summed E-state index contributed by atoms with van der Waals surface area (Å²) in [6.07, 6.45) is -4.74. The van der Waals surface area contributed by atoms with Crippen molar-refractivity contribution in [2.75, 3.05) is 0 Å². The first kappa shape index (κ1) is 16.5. The molecule has 0 heterocycles. The van der Waals surface area contributed by atoms with E-state index < -0.39 is 23.6 Å². The summed E-state index contributed by atoms with van der Waals surface area (Å²) < 4.78 is 43.7. The maximum atomic E-state index is 12.9. The molecule has 112 valence electrons. The molecule has 0 radical (unpaired) electrons. The Hall–Kier alpha value is -1.56. The number of alkyl halides is 3. The molecule has 1 atom stereocenters. The van der Waals surface area contributed by atoms with Crippen LogP contribution in [0.1, 0.15) is 26.7 Å². The normalized spacial score (nSPS) is 13.9. The van der Waals surface area contributed by atoms with Crippen LogP contribution in [0.5, 0.6) is 5.75 Å². The maximum Gasteiger partial charge on any atom is 0.404 e. The SMILES string of the molecule is CCC(CC)(C(=O)Oc1ccccc1)[C@H](N)C(F)(F)F. The minimum Gasteiger partial charge on any atom is -0.426 e. The van der Waals surface area contributed by atoms with Crippen LogP contribution in [0, 0.1) is 5.41 Å². The summed E-state index contributed by atoms with van der Waals surface area (Å²) in [5, 5.41) is 0. The van der Waals surface area contributed by atoms with E-state index in [2.05, 4.69) is 0 Å². The maximum absolute atomic E-state index is 12.9. The van der Waals surface area contributed by atoms with Gasteiger partial charge in [-0.3, -0.25) is 4.79 Å². The molecule has 6 heteroatoms. The van der Waals surface area contributed by atoms with E-state index in [-0.39, 0.29) is 18.6 Å². The second-order valence-corrected chi connectivity index (χ2v) is 4.59. The monoisotopic (exact) mass is 289 g/mol. The molecule has 0 spiro atoms. The van der Waals surface area contributed by atoms with Gasteiger partial charge in [0, 0.05) is 0 Å². The van der Waals surface area contributed by atoms with E-state index in [4.69, 9.17) is 10.5 Å². The molecule has 0 unspecified atom stereocenters. The predicted molar refractivity (Wildman–Crippen MR) is 69.1 cm³/mol. The third-order valence-electron chi connectivity index (χ3n) is 3.57. The summed E-state index contributed by atoms with van der Waals surface area (Å²) in [4.78, 5) is 12.2. The summed E-state index contributed by atoms with van der Waals surface area (Å²) >= 11 is 0. The molecule has 0 aromatic heterocycles. The van der Waals surface area contributed by atoms with Crippen LogP contribution in [-0.4, -0.2) is 18.2 Å². The number of halogens is 3. The van der Waals surface area contributed by atoms with E-state index in [1.165, 1.54) is 26.0 Å². The lowest BCUT2D eigenvalue weighted by Crippen LogP contribution is -2.56. The second-order valence-electron chi connectivity index (χ2n) is 4.59. The van der Waals surface area contributed by atoms with Crippen LogP contribution in [0.15, 0.2) is 30.3 Å². The van der Waals surface area contributed by atoms with Crippen molar-refractivity contribution in [2.24, 2.45) is 11.1 Å². The molecule has 1 aromatic rings. The predicted octanol–water partition coefficient (Wildman–Crippen LogP) is 3.29. The molecule has 0 amide bonds. The molecule has 0 saturated carbocycles. The van der Waals surface area contributed by atoms with Crippen molar-refractivity contribution in [1.82, 2.24) is 0 Å². The van der Waals surface area contributed by atoms with Crippen molar-refractivity contribution in [2.45, 2.75) is 38.9 Å². The van der Waals surface area contributed by atoms with Gasteiger partial charge in [0.1, 0.15) is 11.8 Å². The van der Waals surface area contributed by atoms with Crippen LogP contribution in [0.2, 0.25) is 0 Å². The molecule has 0 aliphatic heterocycles. The molecule has 3 nitrogen and oxygen atoms in total. The molecule has 0 bridgehead atoms. The molecule has 1 rings (SSSR count). The number of para-hydroxylation sites is 1. The number of esters is 1. The number of hydrogen-bond donors (Lipinski definition) is 1. The number of carbonyl (C=O) groups excluding carboxylic acids is 1. The van der Waals surface area contributed by atoms with Gasteiger partial charge in [-0.15, -0.1) is 0 Å². The molecular weight excluding hydrogens is 271 g/mol. The number of benzene rings is 1. The second kappa shape index (κ2) is 6.26. The Morgan fingerprint density at radius 3 is 2.10 bits per heavy atom. The van der Waals surface area contributed by atoms with Crippen molar-refractivity contribution in [1.29, 1.82) is 0 Å². The first-order valence-corrected chi connectivity index (χ1v) is 6.37. The van der Waals surface area contributed by atoms with Crippen LogP contribution in [0.25, 0.3) is 0 Å². The highest BCUT2D eigenvalue weighted by molar-refractivity contribution is 5.80. The van der Waals surface area contributed by atoms with Gasteiger partial charge in [-0.05, 0) is 25.0 Å². The van der Waals surface area contributed by atoms with E-state index >= 15 is 0 Å². The largest absolute Gasteiger partial charge is 0.426 e. The Balaban J connectivity index is 3.04. The van der Waals surface area contributed by atoms with E-state index in [1.807, 2.05) is 0 Å². The molecule has 0 fully saturated rings. The highest BCUT2D eigenvalue weighted by atomic mass is 19.4. The molecule has 2 N–H and O–H groups in total. The van der Waals surface area contributed by atoms with Gasteiger partial charge in [0.05, 0.1) is 5.41 Å². The summed E-state index contributed by atoms with van der Waals surface area (Å²) in [7, 11) is 0. The Bertz CT molecular complexity index is 441. The van der Waals surface area contributed by atoms with Gasteiger partial charge < -0.3 is 10.5 Å². The smallest absolute Gasteiger partial charge is 0.404 e. The zero-order chi connectivity index (χ0) is 15.4. The van der Waals surface area contributed by atoms with E-state index in [9.17, 15) is 18.0 Å². The van der Waals surface area contributed by atoms with Gasteiger partial charge in [-0.1, -0.05) is 32.0 Å². The fourth-order valence-electron chi connectivity index (χ4n) is 2.12. The molecular formula is C14H18F3NO2. The van der Waals surface area contributed by atoms with Crippen LogP contribution in [-0.2, 0) is 4.79 Å². The van der Waals surface area contributed by atoms with Crippen molar-refractivity contribution in [3.05, 3.63) is 30.3 Å². The van der Waals surface area contributed by atoms with Crippen LogP contribution >= 0.6 is 0 Å². The zero-order valence-corrected chi connectivity index (χ0v) is 11.4. The minimum absolute atomic E-state index is 0.0458. The van der Waals surface area contributed by atoms with Crippen LogP contribution in [0.4, 0.5) is 13.2 Å². The average Bonchev–Trinajstić information content (AvgIpc) is 2.40. The van der Waals surface area contributed by atoms with Gasteiger partial charge in [-0.25, -0.2) is 0 Å². The number of carbonyl (C=O) groups is 1. The Morgan fingerprint density at radius 1 is 1.20 bits per heavy atom. The summed E-state index contributed by atoms with van der Waals surface area (Å²) in [6.45, 7) is 3.00. The standard InChI is InChI=1S/C14H18F3NO2/c1-3-13(4-2,11(18)14(15,16)17)12(19)20-10-8-6-5-7-9-10/h5-9,11H,3-4,18H2,1-2H3/t11-/m0/s1. The third-order valence-corrected chi connectivity index (χ3v) is 3.57. The topological polar surface area (TPSA) is 52.3 Å². The van der Waals surface area contributed by atoms with Crippen molar-refractivity contribution >= 4 is 5.97 Å². The van der Waals surface area contributed by atoms with Gasteiger partial charge in [-0.2, -0.15) is 13.2 Å². The van der Waals surface area contributed by atoms with Gasteiger partial charge in [0.15, 0.2) is 0 Å². The summed E-state index contributed by atoms with van der Waals surface area (Å²) in [5.41, 5.74) is 3.51. The molecule has 20 heavy (non-hydrogen) atoms. The third kappa shape index (κ3) is 3.30. The summed E-state index contributed by atoms with van der Waals surface area (Å²) in [6, 6.07) is 5.74. The van der Waals surface area contributed by atoms with E-state index in [0.717, 1.165) is 0 Å². The van der Waals surface area contributed by atoms with Gasteiger partial charge in [0.2, 0.25) is 0 Å². The number of ether oxygens (including phenoxy) is 1. The molecule has 0 aliphatic rings. The van der Waals surface area contributed by atoms with Crippen LogP contribution < -0.4 is 10.5 Å². The quantitative estimate of drug-likeness (QED) is 0.668. The van der Waals surface area contributed by atoms with Gasteiger partial charge >= 0.3 is 12.1 Å². The van der Waals surface area contributed by atoms with E-state index in [0.29, 0.717) is 0 Å². The number of nitrogens with two attached hydrogens (primary N) is 1. The molecule has 1 aromatic carbocycles. The lowest BCUT2D eigenvalue weighted by atomic mass is 9.75. The molecule has 0 aliphatic carbocycles. The Morgan fingerprint density at radius 2 is 1.70 bits per heavy atom. The summed E-state index contributed by atoms with van der Waals surface area (Å²) in [5.74, 6) is -0.739. The van der Waals surface area contributed by atoms with Crippen LogP contribution in [0.3, 0.4) is 0 Å². The Kier molecular flexibility index (Phi) is 5.16. The Labute approximate surface area is 115 Å². The van der Waals surface area contributed by atoms with Gasteiger partial charge in [0.25, 0.3) is 0 Å². The number of hydrogen-bond acceptors (Lipinski definition) is 3. The highest BCUT2D eigenvalue weighted by Crippen LogP contribution is 2.39.